The number of carbonyl (C=O) groups excluding carboxylic acids is 1. The van der Waals surface area contributed by atoms with E-state index in [-0.39, 0.29) is 17.5 Å². The van der Waals surface area contributed by atoms with Gasteiger partial charge in [-0.1, -0.05) is 30.3 Å². The zero-order chi connectivity index (χ0) is 29.9. The summed E-state index contributed by atoms with van der Waals surface area (Å²) in [6, 6.07) is 19.9. The van der Waals surface area contributed by atoms with Crippen molar-refractivity contribution in [1.29, 1.82) is 0 Å². The normalized spacial score (nSPS) is 13.5. The fourth-order valence-electron chi connectivity index (χ4n) is 5.08. The highest BCUT2D eigenvalue weighted by molar-refractivity contribution is 6.05. The Bertz CT molecular complexity index is 1830. The van der Waals surface area contributed by atoms with Crippen LogP contribution in [0.4, 0.5) is 11.5 Å². The van der Waals surface area contributed by atoms with Crippen molar-refractivity contribution in [3.63, 3.8) is 0 Å². The SMILES string of the molecule is Cc1c(C(=O)Nc2ccc(-c3nc(-c4cc(OC5CCOCC5)ccn4)cnc3N)cc2)c(=O)n(-c2ccccc2)n1C. The lowest BCUT2D eigenvalue weighted by Crippen LogP contribution is -2.25. The molecule has 1 amide bonds. The van der Waals surface area contributed by atoms with Crippen molar-refractivity contribution in [2.24, 2.45) is 7.05 Å². The fraction of sp³-hybridized carbons (Fsp3) is 0.219. The summed E-state index contributed by atoms with van der Waals surface area (Å²) in [5.74, 6) is 0.480. The molecule has 0 bridgehead atoms. The zero-order valence-corrected chi connectivity index (χ0v) is 23.9. The number of carbonyl (C=O) groups is 1. The molecule has 6 rings (SSSR count). The Balaban J connectivity index is 1.21. The van der Waals surface area contributed by atoms with E-state index in [2.05, 4.69) is 15.3 Å². The smallest absolute Gasteiger partial charge is 0.284 e. The molecule has 1 saturated heterocycles. The van der Waals surface area contributed by atoms with E-state index in [1.807, 2.05) is 42.5 Å². The van der Waals surface area contributed by atoms with Crippen LogP contribution in [0.25, 0.3) is 28.3 Å². The standard InChI is InChI=1S/C32H31N7O4/c1-20-28(32(41)39(38(20)2)23-6-4-3-5-7-23)31(40)36-22-10-8-21(9-11-22)29-30(33)35-19-27(37-29)26-18-25(12-15-34-26)43-24-13-16-42-17-14-24/h3-12,15,18-19,24H,13-14,16-17H2,1-2H3,(H2,33,35)(H,36,40). The van der Waals surface area contributed by atoms with E-state index in [1.165, 1.54) is 4.68 Å². The van der Waals surface area contributed by atoms with E-state index in [0.29, 0.717) is 58.7 Å². The molecule has 3 aromatic heterocycles. The first-order valence-corrected chi connectivity index (χ1v) is 14.0. The van der Waals surface area contributed by atoms with E-state index in [4.69, 9.17) is 20.2 Å². The number of anilines is 2. The topological polar surface area (TPSA) is 139 Å². The molecular formula is C32H31N7O4. The number of nitrogen functional groups attached to an aromatic ring is 1. The molecule has 0 unspecified atom stereocenters. The third-order valence-corrected chi connectivity index (χ3v) is 7.46. The van der Waals surface area contributed by atoms with Gasteiger partial charge in [-0.3, -0.25) is 19.3 Å². The second-order valence-electron chi connectivity index (χ2n) is 10.3. The van der Waals surface area contributed by atoms with Gasteiger partial charge in [-0.15, -0.1) is 0 Å². The summed E-state index contributed by atoms with van der Waals surface area (Å²) >= 11 is 0. The summed E-state index contributed by atoms with van der Waals surface area (Å²) in [5, 5.41) is 2.84. The van der Waals surface area contributed by atoms with Gasteiger partial charge in [0.25, 0.3) is 11.5 Å². The van der Waals surface area contributed by atoms with Crippen LogP contribution in [0.1, 0.15) is 28.9 Å². The van der Waals surface area contributed by atoms with Crippen LogP contribution < -0.4 is 21.3 Å². The van der Waals surface area contributed by atoms with Crippen molar-refractivity contribution in [3.05, 3.63) is 101 Å². The van der Waals surface area contributed by atoms with Gasteiger partial charge in [0.05, 0.1) is 36.5 Å². The Hall–Kier alpha value is -5.29. The van der Waals surface area contributed by atoms with Crippen LogP contribution in [-0.4, -0.2) is 49.5 Å². The molecule has 43 heavy (non-hydrogen) atoms. The minimum Gasteiger partial charge on any atom is -0.490 e. The minimum atomic E-state index is -0.490. The first kappa shape index (κ1) is 27.9. The lowest BCUT2D eigenvalue weighted by molar-refractivity contribution is 0.0255. The molecule has 1 fully saturated rings. The van der Waals surface area contributed by atoms with E-state index in [1.54, 1.807) is 55.3 Å². The monoisotopic (exact) mass is 577 g/mol. The van der Waals surface area contributed by atoms with Gasteiger partial charge in [0.2, 0.25) is 0 Å². The van der Waals surface area contributed by atoms with Gasteiger partial charge in [0.15, 0.2) is 0 Å². The first-order valence-electron chi connectivity index (χ1n) is 14.0. The molecule has 0 radical (unpaired) electrons. The number of nitrogens with one attached hydrogen (secondary N) is 1. The predicted molar refractivity (Wildman–Crippen MR) is 163 cm³/mol. The number of benzene rings is 2. The van der Waals surface area contributed by atoms with Crippen molar-refractivity contribution in [3.8, 4) is 34.1 Å². The summed E-state index contributed by atoms with van der Waals surface area (Å²) in [6.45, 7) is 3.13. The van der Waals surface area contributed by atoms with Crippen LogP contribution in [0.3, 0.4) is 0 Å². The summed E-state index contributed by atoms with van der Waals surface area (Å²) in [4.78, 5) is 40.0. The largest absolute Gasteiger partial charge is 0.490 e. The minimum absolute atomic E-state index is 0.0776. The van der Waals surface area contributed by atoms with Gasteiger partial charge in [-0.05, 0) is 37.3 Å². The number of nitrogens with zero attached hydrogens (tertiary/aromatic N) is 5. The predicted octanol–water partition coefficient (Wildman–Crippen LogP) is 4.40. The number of hydrogen-bond acceptors (Lipinski definition) is 8. The Kier molecular flexibility index (Phi) is 7.71. The number of para-hydroxylation sites is 1. The van der Waals surface area contributed by atoms with Gasteiger partial charge in [0, 0.05) is 43.4 Å². The average Bonchev–Trinajstić information content (AvgIpc) is 3.26. The molecule has 1 aliphatic rings. The Morgan fingerprint density at radius 3 is 2.51 bits per heavy atom. The summed E-state index contributed by atoms with van der Waals surface area (Å²) < 4.78 is 14.7. The molecule has 0 spiro atoms. The van der Waals surface area contributed by atoms with Crippen LogP contribution >= 0.6 is 0 Å². The second-order valence-corrected chi connectivity index (χ2v) is 10.3. The second kappa shape index (κ2) is 11.9. The molecule has 0 atom stereocenters. The molecular weight excluding hydrogens is 546 g/mol. The van der Waals surface area contributed by atoms with Crippen molar-refractivity contribution >= 4 is 17.4 Å². The zero-order valence-electron chi connectivity index (χ0n) is 23.9. The van der Waals surface area contributed by atoms with Crippen LogP contribution in [0, 0.1) is 6.92 Å². The maximum atomic E-state index is 13.2. The summed E-state index contributed by atoms with van der Waals surface area (Å²) in [6.07, 6.45) is 5.06. The number of rotatable bonds is 7. The van der Waals surface area contributed by atoms with Crippen LogP contribution in [0.2, 0.25) is 0 Å². The number of amides is 1. The fourth-order valence-corrected chi connectivity index (χ4v) is 5.08. The van der Waals surface area contributed by atoms with Crippen LogP contribution in [0.15, 0.2) is 83.9 Å². The highest BCUT2D eigenvalue weighted by Gasteiger charge is 2.22. The van der Waals surface area contributed by atoms with E-state index in [0.717, 1.165) is 12.8 Å². The molecule has 2 aromatic carbocycles. The van der Waals surface area contributed by atoms with Crippen molar-refractivity contribution in [1.82, 2.24) is 24.3 Å². The van der Waals surface area contributed by atoms with Gasteiger partial charge in [-0.25, -0.2) is 14.6 Å². The summed E-state index contributed by atoms with van der Waals surface area (Å²) in [7, 11) is 1.75. The molecule has 0 saturated carbocycles. The lowest BCUT2D eigenvalue weighted by Gasteiger charge is -2.23. The number of pyridine rings is 1. The molecule has 218 valence electrons. The Morgan fingerprint density at radius 2 is 1.77 bits per heavy atom. The Morgan fingerprint density at radius 1 is 1.02 bits per heavy atom. The van der Waals surface area contributed by atoms with Gasteiger partial charge < -0.3 is 20.5 Å². The van der Waals surface area contributed by atoms with Gasteiger partial charge in [0.1, 0.15) is 34.6 Å². The van der Waals surface area contributed by atoms with Crippen LogP contribution in [-0.2, 0) is 11.8 Å². The Labute approximate surface area is 247 Å². The molecule has 11 nitrogen and oxygen atoms in total. The lowest BCUT2D eigenvalue weighted by atomic mass is 10.1. The highest BCUT2D eigenvalue weighted by Crippen LogP contribution is 2.28. The third kappa shape index (κ3) is 5.75. The number of aromatic nitrogens is 5. The molecule has 11 heteroatoms. The third-order valence-electron chi connectivity index (χ3n) is 7.46. The van der Waals surface area contributed by atoms with E-state index < -0.39 is 11.5 Å². The summed E-state index contributed by atoms with van der Waals surface area (Å²) in [5.41, 5.74) is 10.00. The van der Waals surface area contributed by atoms with Gasteiger partial charge in [-0.2, -0.15) is 0 Å². The average molecular weight is 578 g/mol. The highest BCUT2D eigenvalue weighted by atomic mass is 16.5. The van der Waals surface area contributed by atoms with Crippen molar-refractivity contribution in [2.75, 3.05) is 24.3 Å². The van der Waals surface area contributed by atoms with Crippen molar-refractivity contribution in [2.45, 2.75) is 25.9 Å². The number of nitrogens with two attached hydrogens (primary N) is 1. The number of hydrogen-bond donors (Lipinski definition) is 2. The quantitative estimate of drug-likeness (QED) is 0.290. The first-order chi connectivity index (χ1) is 20.9. The van der Waals surface area contributed by atoms with Gasteiger partial charge >= 0.3 is 0 Å². The maximum absolute atomic E-state index is 13.2. The van der Waals surface area contributed by atoms with E-state index in [9.17, 15) is 9.59 Å². The molecule has 0 aliphatic carbocycles. The van der Waals surface area contributed by atoms with E-state index >= 15 is 0 Å². The van der Waals surface area contributed by atoms with Crippen molar-refractivity contribution < 1.29 is 14.3 Å². The molecule has 1 aliphatic heterocycles. The molecule has 4 heterocycles. The molecule has 3 N–H and O–H groups in total. The molecule has 5 aromatic rings. The van der Waals surface area contributed by atoms with Crippen LogP contribution in [0.5, 0.6) is 5.75 Å². The maximum Gasteiger partial charge on any atom is 0.284 e. The number of ether oxygens (including phenoxy) is 2.